The fourth-order valence-electron chi connectivity index (χ4n) is 9.86. The second-order valence-corrected chi connectivity index (χ2v) is 17.0. The molecule has 1 aromatic heterocycles. The number of benzene rings is 11. The van der Waals surface area contributed by atoms with E-state index in [2.05, 4.69) is 276 Å². The third-order valence-corrected chi connectivity index (χ3v) is 13.0. The van der Waals surface area contributed by atoms with Gasteiger partial charge in [0.15, 0.2) is 0 Å². The van der Waals surface area contributed by atoms with E-state index in [1.165, 1.54) is 65.6 Å². The van der Waals surface area contributed by atoms with Gasteiger partial charge in [0.05, 0.1) is 22.4 Å². The molecule has 12 rings (SSSR count). The predicted molar refractivity (Wildman–Crippen MR) is 281 cm³/mol. The maximum atomic E-state index is 2.42. The number of aromatic nitrogens is 1. The highest BCUT2D eigenvalue weighted by Crippen LogP contribution is 2.45. The summed E-state index contributed by atoms with van der Waals surface area (Å²) in [5, 5.41) is 7.25. The Morgan fingerprint density at radius 3 is 1.53 bits per heavy atom. The molecule has 0 atom stereocenters. The molecule has 0 unspecified atom stereocenters. The van der Waals surface area contributed by atoms with E-state index in [9.17, 15) is 0 Å². The van der Waals surface area contributed by atoms with Crippen molar-refractivity contribution in [1.29, 1.82) is 0 Å². The lowest BCUT2D eigenvalue weighted by molar-refractivity contribution is 1.18. The fourth-order valence-corrected chi connectivity index (χ4v) is 9.86. The van der Waals surface area contributed by atoms with Crippen molar-refractivity contribution in [1.82, 2.24) is 4.57 Å². The summed E-state index contributed by atoms with van der Waals surface area (Å²) in [5.74, 6) is 0. The molecule has 1 heterocycles. The first-order chi connectivity index (χ1) is 32.7. The molecule has 3 heteroatoms. The molecule has 0 aliphatic rings. The van der Waals surface area contributed by atoms with E-state index in [0.717, 1.165) is 45.4 Å². The summed E-state index contributed by atoms with van der Waals surface area (Å²) < 4.78 is 2.38. The Balaban J connectivity index is 0.971. The summed E-state index contributed by atoms with van der Waals surface area (Å²) in [6.07, 6.45) is 0. The van der Waals surface area contributed by atoms with Gasteiger partial charge < -0.3 is 14.4 Å². The molecule has 0 amide bonds. The number of fused-ring (bicyclic) bond motifs is 5. The number of anilines is 6. The van der Waals surface area contributed by atoms with E-state index in [1.54, 1.807) is 0 Å². The lowest BCUT2D eigenvalue weighted by atomic mass is 9.95. The first-order valence-electron chi connectivity index (χ1n) is 22.7. The summed E-state index contributed by atoms with van der Waals surface area (Å²) in [6, 6.07) is 92.6. The molecule has 0 N–H and O–H groups in total. The summed E-state index contributed by atoms with van der Waals surface area (Å²) in [5.41, 5.74) is 16.2. The molecule has 66 heavy (non-hydrogen) atoms. The van der Waals surface area contributed by atoms with Gasteiger partial charge in [-0.25, -0.2) is 0 Å². The molecule has 0 spiro atoms. The van der Waals surface area contributed by atoms with Crippen molar-refractivity contribution in [2.75, 3.05) is 9.80 Å². The van der Waals surface area contributed by atoms with Crippen molar-refractivity contribution in [3.8, 4) is 27.9 Å². The van der Waals surface area contributed by atoms with Crippen molar-refractivity contribution in [3.63, 3.8) is 0 Å². The van der Waals surface area contributed by atoms with Crippen LogP contribution < -0.4 is 9.80 Å². The minimum absolute atomic E-state index is 1.10. The molecule has 3 nitrogen and oxygen atoms in total. The second-order valence-electron chi connectivity index (χ2n) is 17.0. The molecule has 0 aliphatic heterocycles. The second kappa shape index (κ2) is 16.5. The standard InChI is InChI=1S/C63H45N3/c1-44-27-33-50(34-28-44)65(53-39-41-63-59(43-53)58-24-12-13-25-61(58)66(63)49-19-6-3-7-20-49)62-42-40-54(56-22-10-11-23-57(56)62)48-31-37-52(38-32-48)64(60-26-14-18-47-17-8-9-21-55(47)60)51-35-29-46(30-36-51)45-15-4-2-5-16-45/h2-43H,1H3. The van der Waals surface area contributed by atoms with Crippen molar-refractivity contribution < 1.29 is 0 Å². The topological polar surface area (TPSA) is 11.4 Å². The predicted octanol–water partition coefficient (Wildman–Crippen LogP) is 17.7. The molecule has 312 valence electrons. The number of hydrogen-bond donors (Lipinski definition) is 0. The van der Waals surface area contributed by atoms with Gasteiger partial charge in [0.25, 0.3) is 0 Å². The van der Waals surface area contributed by atoms with Crippen LogP contribution in [0.5, 0.6) is 0 Å². The number of aryl methyl sites for hydroxylation is 1. The van der Waals surface area contributed by atoms with Crippen LogP contribution in [0, 0.1) is 6.92 Å². The van der Waals surface area contributed by atoms with Crippen LogP contribution in [0.15, 0.2) is 255 Å². The Morgan fingerprint density at radius 2 is 0.803 bits per heavy atom. The molecule has 0 radical (unpaired) electrons. The zero-order valence-electron chi connectivity index (χ0n) is 36.6. The van der Waals surface area contributed by atoms with Gasteiger partial charge in [-0.05, 0) is 125 Å². The largest absolute Gasteiger partial charge is 0.310 e. The molecule has 0 aliphatic carbocycles. The van der Waals surface area contributed by atoms with E-state index < -0.39 is 0 Å². The van der Waals surface area contributed by atoms with Crippen LogP contribution in [-0.4, -0.2) is 4.57 Å². The zero-order chi connectivity index (χ0) is 44.0. The summed E-state index contributed by atoms with van der Waals surface area (Å²) in [7, 11) is 0. The summed E-state index contributed by atoms with van der Waals surface area (Å²) in [4.78, 5) is 4.81. The van der Waals surface area contributed by atoms with Crippen LogP contribution >= 0.6 is 0 Å². The van der Waals surface area contributed by atoms with Gasteiger partial charge in [0.1, 0.15) is 0 Å². The third-order valence-electron chi connectivity index (χ3n) is 13.0. The summed E-state index contributed by atoms with van der Waals surface area (Å²) >= 11 is 0. The first kappa shape index (κ1) is 39.0. The van der Waals surface area contributed by atoms with Gasteiger partial charge in [-0.2, -0.15) is 0 Å². The van der Waals surface area contributed by atoms with E-state index in [4.69, 9.17) is 0 Å². The van der Waals surface area contributed by atoms with Crippen molar-refractivity contribution >= 4 is 77.5 Å². The van der Waals surface area contributed by atoms with E-state index in [1.807, 2.05) is 0 Å². The lowest BCUT2D eigenvalue weighted by Gasteiger charge is -2.28. The van der Waals surface area contributed by atoms with Gasteiger partial charge in [-0.15, -0.1) is 0 Å². The first-order valence-corrected chi connectivity index (χ1v) is 22.7. The van der Waals surface area contributed by atoms with Crippen LogP contribution in [0.1, 0.15) is 5.56 Å². The van der Waals surface area contributed by atoms with Gasteiger partial charge >= 0.3 is 0 Å². The number of nitrogens with zero attached hydrogens (tertiary/aromatic N) is 3. The Hall–Kier alpha value is -8.66. The smallest absolute Gasteiger partial charge is 0.0542 e. The molecule has 11 aromatic carbocycles. The average Bonchev–Trinajstić information content (AvgIpc) is 3.72. The van der Waals surface area contributed by atoms with Crippen LogP contribution in [0.4, 0.5) is 34.1 Å². The Kier molecular flexibility index (Phi) is 9.73. The van der Waals surface area contributed by atoms with Gasteiger partial charge in [0.2, 0.25) is 0 Å². The number of rotatable bonds is 9. The van der Waals surface area contributed by atoms with Crippen molar-refractivity contribution in [2.24, 2.45) is 0 Å². The van der Waals surface area contributed by atoms with Crippen LogP contribution in [0.25, 0.3) is 71.3 Å². The molecule has 0 fully saturated rings. The lowest BCUT2D eigenvalue weighted by Crippen LogP contribution is -2.11. The minimum Gasteiger partial charge on any atom is -0.310 e. The molecular formula is C63H45N3. The van der Waals surface area contributed by atoms with E-state index in [0.29, 0.717) is 0 Å². The van der Waals surface area contributed by atoms with Gasteiger partial charge in [-0.1, -0.05) is 175 Å². The number of hydrogen-bond acceptors (Lipinski definition) is 2. The van der Waals surface area contributed by atoms with Gasteiger partial charge in [-0.3, -0.25) is 0 Å². The third kappa shape index (κ3) is 6.86. The Labute approximate surface area is 385 Å². The van der Waals surface area contributed by atoms with Crippen molar-refractivity contribution in [2.45, 2.75) is 6.92 Å². The molecule has 0 saturated heterocycles. The van der Waals surface area contributed by atoms with Crippen LogP contribution in [0.2, 0.25) is 0 Å². The monoisotopic (exact) mass is 843 g/mol. The van der Waals surface area contributed by atoms with E-state index in [-0.39, 0.29) is 0 Å². The summed E-state index contributed by atoms with van der Waals surface area (Å²) in [6.45, 7) is 2.15. The fraction of sp³-hybridized carbons (Fsp3) is 0.0159. The van der Waals surface area contributed by atoms with Gasteiger partial charge in [0, 0.05) is 50.0 Å². The number of para-hydroxylation sites is 2. The normalized spacial score (nSPS) is 11.4. The maximum Gasteiger partial charge on any atom is 0.0542 e. The molecule has 12 aromatic rings. The molecule has 0 bridgehead atoms. The van der Waals surface area contributed by atoms with Crippen LogP contribution in [0.3, 0.4) is 0 Å². The van der Waals surface area contributed by atoms with E-state index >= 15 is 0 Å². The molecular weight excluding hydrogens is 799 g/mol. The molecule has 0 saturated carbocycles. The SMILES string of the molecule is Cc1ccc(N(c2ccc3c(c2)c2ccccc2n3-c2ccccc2)c2ccc(-c3ccc(N(c4ccc(-c5ccccc5)cc4)c4cccc5ccccc45)cc3)c3ccccc23)cc1. The highest BCUT2D eigenvalue weighted by Gasteiger charge is 2.21. The van der Waals surface area contributed by atoms with Crippen molar-refractivity contribution in [3.05, 3.63) is 260 Å². The average molecular weight is 844 g/mol. The maximum absolute atomic E-state index is 2.42. The highest BCUT2D eigenvalue weighted by molar-refractivity contribution is 6.12. The highest BCUT2D eigenvalue weighted by atomic mass is 15.1. The minimum atomic E-state index is 1.10. The zero-order valence-corrected chi connectivity index (χ0v) is 36.6. The quantitative estimate of drug-likeness (QED) is 0.143. The van der Waals surface area contributed by atoms with Crippen LogP contribution in [-0.2, 0) is 0 Å². The Bertz CT molecular complexity index is 3680. The Morgan fingerprint density at radius 1 is 0.303 bits per heavy atom.